The summed E-state index contributed by atoms with van der Waals surface area (Å²) in [5, 5.41) is 11.9. The first-order valence-electron chi connectivity index (χ1n) is 6.03. The number of aromatic nitrogens is 2. The number of ether oxygens (including phenoxy) is 2. The lowest BCUT2D eigenvalue weighted by Crippen LogP contribution is -2.13. The molecule has 0 saturated heterocycles. The molecule has 1 amide bonds. The molecule has 20 heavy (non-hydrogen) atoms. The number of hydrogen-bond donors (Lipinski definition) is 1. The van der Waals surface area contributed by atoms with Crippen molar-refractivity contribution in [3.63, 3.8) is 0 Å². The smallest absolute Gasteiger partial charge is 0.261 e. The van der Waals surface area contributed by atoms with Crippen LogP contribution in [-0.2, 0) is 6.42 Å². The Morgan fingerprint density at radius 3 is 2.70 bits per heavy atom. The van der Waals surface area contributed by atoms with Gasteiger partial charge < -0.3 is 9.47 Å². The van der Waals surface area contributed by atoms with Gasteiger partial charge in [-0.1, -0.05) is 18.3 Å². The fraction of sp³-hybridized carbons (Fsp3) is 0.308. The second kappa shape index (κ2) is 6.33. The molecular formula is C13H15N3O3S. The molecule has 0 aliphatic heterocycles. The van der Waals surface area contributed by atoms with E-state index in [1.807, 2.05) is 6.92 Å². The summed E-state index contributed by atoms with van der Waals surface area (Å²) in [5.41, 5.74) is 0.389. The molecule has 0 fully saturated rings. The van der Waals surface area contributed by atoms with Crippen molar-refractivity contribution in [2.45, 2.75) is 13.3 Å². The minimum atomic E-state index is -0.306. The fourth-order valence-electron chi connectivity index (χ4n) is 1.60. The molecule has 1 heterocycles. The zero-order valence-corrected chi connectivity index (χ0v) is 12.3. The third-order valence-electron chi connectivity index (χ3n) is 2.64. The van der Waals surface area contributed by atoms with Crippen molar-refractivity contribution in [3.8, 4) is 11.5 Å². The maximum atomic E-state index is 12.3. The molecule has 0 saturated carbocycles. The van der Waals surface area contributed by atoms with E-state index in [1.165, 1.54) is 18.4 Å². The van der Waals surface area contributed by atoms with Gasteiger partial charge in [0.25, 0.3) is 5.91 Å². The van der Waals surface area contributed by atoms with Crippen LogP contribution in [0.4, 0.5) is 5.13 Å². The maximum Gasteiger partial charge on any atom is 0.261 e. The predicted molar refractivity (Wildman–Crippen MR) is 76.8 cm³/mol. The van der Waals surface area contributed by atoms with Crippen LogP contribution in [-0.4, -0.2) is 30.3 Å². The number of hydrogen-bond acceptors (Lipinski definition) is 6. The average molecular weight is 293 g/mol. The summed E-state index contributed by atoms with van der Waals surface area (Å²) in [6.45, 7) is 1.98. The normalized spacial score (nSPS) is 10.2. The van der Waals surface area contributed by atoms with E-state index in [4.69, 9.17) is 9.47 Å². The summed E-state index contributed by atoms with van der Waals surface area (Å²) in [7, 11) is 3.06. The Hall–Kier alpha value is -2.15. The molecule has 6 nitrogen and oxygen atoms in total. The van der Waals surface area contributed by atoms with Crippen molar-refractivity contribution in [2.24, 2.45) is 0 Å². The Balaban J connectivity index is 2.23. The lowest BCUT2D eigenvalue weighted by molar-refractivity contribution is 0.102. The summed E-state index contributed by atoms with van der Waals surface area (Å²) in [5.74, 6) is 0.755. The van der Waals surface area contributed by atoms with Gasteiger partial charge >= 0.3 is 0 Å². The first-order chi connectivity index (χ1) is 9.67. The van der Waals surface area contributed by atoms with Crippen LogP contribution in [0.2, 0.25) is 0 Å². The van der Waals surface area contributed by atoms with Crippen molar-refractivity contribution in [1.29, 1.82) is 0 Å². The molecule has 0 unspecified atom stereocenters. The Kier molecular flexibility index (Phi) is 4.52. The van der Waals surface area contributed by atoms with Crippen LogP contribution < -0.4 is 14.8 Å². The zero-order valence-electron chi connectivity index (χ0n) is 11.5. The minimum Gasteiger partial charge on any atom is -0.497 e. The molecule has 0 bridgehead atoms. The quantitative estimate of drug-likeness (QED) is 0.916. The highest BCUT2D eigenvalue weighted by Gasteiger charge is 2.15. The molecule has 0 radical (unpaired) electrons. The Bertz CT molecular complexity index is 613. The molecule has 106 valence electrons. The number of nitrogens with one attached hydrogen (secondary N) is 1. The second-order valence-corrected chi connectivity index (χ2v) is 4.94. The van der Waals surface area contributed by atoms with E-state index in [2.05, 4.69) is 15.5 Å². The predicted octanol–water partition coefficient (Wildman–Crippen LogP) is 2.37. The van der Waals surface area contributed by atoms with Gasteiger partial charge in [0.2, 0.25) is 5.13 Å². The molecule has 0 atom stereocenters. The summed E-state index contributed by atoms with van der Waals surface area (Å²) in [4.78, 5) is 12.3. The number of carbonyl (C=O) groups is 1. The summed E-state index contributed by atoms with van der Waals surface area (Å²) >= 11 is 1.35. The van der Waals surface area contributed by atoms with Gasteiger partial charge in [-0.3, -0.25) is 10.1 Å². The largest absolute Gasteiger partial charge is 0.497 e. The molecule has 1 aromatic carbocycles. The molecule has 7 heteroatoms. The number of nitrogens with zero attached hydrogens (tertiary/aromatic N) is 2. The Morgan fingerprint density at radius 2 is 2.10 bits per heavy atom. The highest BCUT2D eigenvalue weighted by Crippen LogP contribution is 2.25. The monoisotopic (exact) mass is 293 g/mol. The van der Waals surface area contributed by atoms with Gasteiger partial charge in [-0.15, -0.1) is 10.2 Å². The van der Waals surface area contributed by atoms with Gasteiger partial charge in [0, 0.05) is 0 Å². The molecule has 0 aliphatic carbocycles. The van der Waals surface area contributed by atoms with Gasteiger partial charge in [0.05, 0.1) is 19.8 Å². The molecule has 2 rings (SSSR count). The van der Waals surface area contributed by atoms with Gasteiger partial charge in [-0.25, -0.2) is 0 Å². The van der Waals surface area contributed by atoms with Crippen molar-refractivity contribution >= 4 is 22.4 Å². The molecule has 1 N–H and O–H groups in total. The first-order valence-corrected chi connectivity index (χ1v) is 6.85. The molecule has 2 aromatic rings. The van der Waals surface area contributed by atoms with Crippen molar-refractivity contribution in [2.75, 3.05) is 19.5 Å². The number of carbonyl (C=O) groups excluding carboxylic acids is 1. The van der Waals surface area contributed by atoms with Crippen LogP contribution >= 0.6 is 11.3 Å². The van der Waals surface area contributed by atoms with Crippen molar-refractivity contribution < 1.29 is 14.3 Å². The SMILES string of the molecule is CCc1nnc(NC(=O)c2cc(OC)ccc2OC)s1. The highest BCUT2D eigenvalue weighted by molar-refractivity contribution is 7.15. The van der Waals surface area contributed by atoms with Crippen LogP contribution in [0.1, 0.15) is 22.3 Å². The number of rotatable bonds is 5. The van der Waals surface area contributed by atoms with Gasteiger partial charge in [-0.05, 0) is 24.6 Å². The van der Waals surface area contributed by atoms with E-state index in [9.17, 15) is 4.79 Å². The summed E-state index contributed by atoms with van der Waals surface area (Å²) in [6.07, 6.45) is 0.788. The summed E-state index contributed by atoms with van der Waals surface area (Å²) < 4.78 is 10.3. The number of methoxy groups -OCH3 is 2. The zero-order chi connectivity index (χ0) is 14.5. The second-order valence-electron chi connectivity index (χ2n) is 3.87. The maximum absolute atomic E-state index is 12.3. The molecule has 0 spiro atoms. The third kappa shape index (κ3) is 3.05. The average Bonchev–Trinajstić information content (AvgIpc) is 2.94. The molecular weight excluding hydrogens is 278 g/mol. The third-order valence-corrected chi connectivity index (χ3v) is 3.62. The fourth-order valence-corrected chi connectivity index (χ4v) is 2.28. The molecule has 1 aromatic heterocycles. The number of anilines is 1. The van der Waals surface area contributed by atoms with Crippen LogP contribution in [0.3, 0.4) is 0 Å². The van der Waals surface area contributed by atoms with Crippen LogP contribution in [0.25, 0.3) is 0 Å². The lowest BCUT2D eigenvalue weighted by atomic mass is 10.2. The number of benzene rings is 1. The van der Waals surface area contributed by atoms with Crippen LogP contribution in [0.5, 0.6) is 11.5 Å². The van der Waals surface area contributed by atoms with E-state index in [-0.39, 0.29) is 5.91 Å². The van der Waals surface area contributed by atoms with Crippen molar-refractivity contribution in [3.05, 3.63) is 28.8 Å². The Morgan fingerprint density at radius 1 is 1.30 bits per heavy atom. The number of amides is 1. The van der Waals surface area contributed by atoms with Gasteiger partial charge in [-0.2, -0.15) is 0 Å². The van der Waals surface area contributed by atoms with E-state index in [0.717, 1.165) is 11.4 Å². The van der Waals surface area contributed by atoms with Crippen LogP contribution in [0.15, 0.2) is 18.2 Å². The van der Waals surface area contributed by atoms with Crippen molar-refractivity contribution in [1.82, 2.24) is 10.2 Å². The summed E-state index contributed by atoms with van der Waals surface area (Å²) in [6, 6.07) is 5.04. The van der Waals surface area contributed by atoms with E-state index in [0.29, 0.717) is 22.2 Å². The van der Waals surface area contributed by atoms with Crippen LogP contribution in [0, 0.1) is 0 Å². The molecule has 0 aliphatic rings. The number of aryl methyl sites for hydroxylation is 1. The van der Waals surface area contributed by atoms with Gasteiger partial charge in [0.15, 0.2) is 0 Å². The van der Waals surface area contributed by atoms with E-state index >= 15 is 0 Å². The van der Waals surface area contributed by atoms with Gasteiger partial charge in [0.1, 0.15) is 16.5 Å². The highest BCUT2D eigenvalue weighted by atomic mass is 32.1. The topological polar surface area (TPSA) is 73.3 Å². The van der Waals surface area contributed by atoms with E-state index < -0.39 is 0 Å². The minimum absolute atomic E-state index is 0.306. The Labute approximate surface area is 120 Å². The first kappa shape index (κ1) is 14.3. The van der Waals surface area contributed by atoms with E-state index in [1.54, 1.807) is 25.3 Å². The standard InChI is InChI=1S/C13H15N3O3S/c1-4-11-15-16-13(20-11)14-12(17)9-7-8(18-2)5-6-10(9)19-3/h5-7H,4H2,1-3H3,(H,14,16,17). The lowest BCUT2D eigenvalue weighted by Gasteiger charge is -2.09.